The summed E-state index contributed by atoms with van der Waals surface area (Å²) in [4.78, 5) is 27.8. The molecule has 2 fully saturated rings. The topological polar surface area (TPSA) is 60.9 Å². The van der Waals surface area contributed by atoms with Crippen LogP contribution in [-0.4, -0.2) is 59.0 Å². The first-order chi connectivity index (χ1) is 9.88. The third-order valence-corrected chi connectivity index (χ3v) is 4.96. The molecule has 3 unspecified atom stereocenters. The van der Waals surface area contributed by atoms with Gasteiger partial charge in [0.05, 0.1) is 12.0 Å². The standard InChI is InChI=1S/C16H28N2O3.ClH/c1-11-8-12(2)10-18(9-11)15(19)13(3)17-6-4-14(5-7-17)16(20)21;/h11-14H,4-10H2,1-3H3,(H,20,21);1H. The summed E-state index contributed by atoms with van der Waals surface area (Å²) in [6.45, 7) is 9.52. The Morgan fingerprint density at radius 2 is 1.59 bits per heavy atom. The summed E-state index contributed by atoms with van der Waals surface area (Å²) in [5, 5.41) is 9.04. The van der Waals surface area contributed by atoms with Crippen molar-refractivity contribution in [2.45, 2.75) is 46.1 Å². The smallest absolute Gasteiger partial charge is 0.306 e. The predicted molar refractivity (Wildman–Crippen MR) is 88.2 cm³/mol. The summed E-state index contributed by atoms with van der Waals surface area (Å²) >= 11 is 0. The Morgan fingerprint density at radius 1 is 1.09 bits per heavy atom. The van der Waals surface area contributed by atoms with E-state index in [1.807, 2.05) is 11.8 Å². The monoisotopic (exact) mass is 332 g/mol. The molecule has 6 heteroatoms. The van der Waals surface area contributed by atoms with Crippen LogP contribution in [0.3, 0.4) is 0 Å². The fourth-order valence-corrected chi connectivity index (χ4v) is 3.80. The fraction of sp³-hybridized carbons (Fsp3) is 0.875. The lowest BCUT2D eigenvalue weighted by atomic mass is 9.91. The van der Waals surface area contributed by atoms with E-state index in [0.29, 0.717) is 37.8 Å². The maximum Gasteiger partial charge on any atom is 0.306 e. The molecule has 1 N–H and O–H groups in total. The van der Waals surface area contributed by atoms with E-state index in [9.17, 15) is 9.59 Å². The molecule has 2 heterocycles. The fourth-order valence-electron chi connectivity index (χ4n) is 3.80. The van der Waals surface area contributed by atoms with Crippen molar-refractivity contribution in [2.24, 2.45) is 17.8 Å². The molecule has 1 amide bonds. The molecule has 2 aliphatic heterocycles. The number of piperidine rings is 2. The summed E-state index contributed by atoms with van der Waals surface area (Å²) in [5.74, 6) is 0.415. The number of rotatable bonds is 3. The number of carbonyl (C=O) groups is 2. The molecule has 0 spiro atoms. The van der Waals surface area contributed by atoms with Crippen molar-refractivity contribution >= 4 is 24.3 Å². The maximum atomic E-state index is 12.7. The minimum atomic E-state index is -0.702. The molecule has 0 bridgehead atoms. The lowest BCUT2D eigenvalue weighted by Crippen LogP contribution is -2.53. The van der Waals surface area contributed by atoms with Gasteiger partial charge in [-0.1, -0.05) is 13.8 Å². The van der Waals surface area contributed by atoms with Crippen molar-refractivity contribution in [1.29, 1.82) is 0 Å². The highest BCUT2D eigenvalue weighted by atomic mass is 35.5. The number of carboxylic acids is 1. The molecule has 22 heavy (non-hydrogen) atoms. The molecular formula is C16H29ClN2O3. The van der Waals surface area contributed by atoms with Crippen molar-refractivity contribution in [3.63, 3.8) is 0 Å². The highest BCUT2D eigenvalue weighted by molar-refractivity contribution is 5.85. The zero-order chi connectivity index (χ0) is 15.6. The van der Waals surface area contributed by atoms with E-state index in [1.165, 1.54) is 6.42 Å². The molecule has 2 rings (SSSR count). The lowest BCUT2D eigenvalue weighted by Gasteiger charge is -2.40. The third kappa shape index (κ3) is 4.59. The van der Waals surface area contributed by atoms with Gasteiger partial charge in [0.15, 0.2) is 0 Å². The van der Waals surface area contributed by atoms with Crippen molar-refractivity contribution in [2.75, 3.05) is 26.2 Å². The zero-order valence-corrected chi connectivity index (χ0v) is 14.6. The van der Waals surface area contributed by atoms with Crippen LogP contribution in [0.4, 0.5) is 0 Å². The molecule has 128 valence electrons. The molecular weight excluding hydrogens is 304 g/mol. The van der Waals surface area contributed by atoms with Crippen LogP contribution in [0.15, 0.2) is 0 Å². The van der Waals surface area contributed by atoms with E-state index in [-0.39, 0.29) is 30.3 Å². The van der Waals surface area contributed by atoms with E-state index < -0.39 is 5.97 Å². The van der Waals surface area contributed by atoms with E-state index in [4.69, 9.17) is 5.11 Å². The Balaban J connectivity index is 0.00000242. The summed E-state index contributed by atoms with van der Waals surface area (Å²) in [6.07, 6.45) is 2.50. The summed E-state index contributed by atoms with van der Waals surface area (Å²) < 4.78 is 0. The second-order valence-electron chi connectivity index (χ2n) is 7.01. The Hall–Kier alpha value is -0.810. The van der Waals surface area contributed by atoms with E-state index >= 15 is 0 Å². The van der Waals surface area contributed by atoms with Crippen molar-refractivity contribution in [3.8, 4) is 0 Å². The summed E-state index contributed by atoms with van der Waals surface area (Å²) in [6, 6.07) is -0.128. The number of amides is 1. The predicted octanol–water partition coefficient (Wildman–Crippen LogP) is 2.10. The van der Waals surface area contributed by atoms with Gasteiger partial charge in [0.1, 0.15) is 0 Å². The van der Waals surface area contributed by atoms with E-state index in [0.717, 1.165) is 13.1 Å². The Labute approximate surface area is 139 Å². The Morgan fingerprint density at radius 3 is 2.05 bits per heavy atom. The average molecular weight is 333 g/mol. The molecule has 0 aromatic rings. The van der Waals surface area contributed by atoms with Crippen molar-refractivity contribution in [1.82, 2.24) is 9.80 Å². The van der Waals surface area contributed by atoms with Gasteiger partial charge in [0.25, 0.3) is 0 Å². The number of aliphatic carboxylic acids is 1. The molecule has 2 aliphatic rings. The van der Waals surface area contributed by atoms with Gasteiger partial charge in [-0.25, -0.2) is 0 Å². The van der Waals surface area contributed by atoms with Gasteiger partial charge in [0, 0.05) is 13.1 Å². The molecule has 0 aliphatic carbocycles. The largest absolute Gasteiger partial charge is 0.481 e. The van der Waals surface area contributed by atoms with Crippen LogP contribution in [-0.2, 0) is 9.59 Å². The van der Waals surface area contributed by atoms with Crippen molar-refractivity contribution in [3.05, 3.63) is 0 Å². The van der Waals surface area contributed by atoms with Gasteiger partial charge in [-0.2, -0.15) is 0 Å². The lowest BCUT2D eigenvalue weighted by molar-refractivity contribution is -0.144. The SMILES string of the molecule is CC1CC(C)CN(C(=O)C(C)N2CCC(C(=O)O)CC2)C1.Cl. The van der Waals surface area contributed by atoms with Gasteiger partial charge in [0.2, 0.25) is 5.91 Å². The number of nitrogens with zero attached hydrogens (tertiary/aromatic N) is 2. The van der Waals surface area contributed by atoms with Gasteiger partial charge >= 0.3 is 5.97 Å². The van der Waals surface area contributed by atoms with E-state index in [2.05, 4.69) is 18.7 Å². The second-order valence-corrected chi connectivity index (χ2v) is 7.01. The summed E-state index contributed by atoms with van der Waals surface area (Å²) in [5.41, 5.74) is 0. The molecule has 5 nitrogen and oxygen atoms in total. The van der Waals surface area contributed by atoms with Crippen LogP contribution in [0.2, 0.25) is 0 Å². The first-order valence-corrected chi connectivity index (χ1v) is 8.14. The van der Waals surface area contributed by atoms with Crippen LogP contribution in [0.5, 0.6) is 0 Å². The highest BCUT2D eigenvalue weighted by Gasteiger charge is 2.33. The van der Waals surface area contributed by atoms with Crippen LogP contribution >= 0.6 is 12.4 Å². The van der Waals surface area contributed by atoms with E-state index in [1.54, 1.807) is 0 Å². The average Bonchev–Trinajstić information content (AvgIpc) is 2.44. The molecule has 0 aromatic carbocycles. The minimum Gasteiger partial charge on any atom is -0.481 e. The van der Waals surface area contributed by atoms with Crippen LogP contribution in [0, 0.1) is 17.8 Å². The van der Waals surface area contributed by atoms with Crippen LogP contribution < -0.4 is 0 Å². The van der Waals surface area contributed by atoms with Gasteiger partial charge in [-0.3, -0.25) is 14.5 Å². The van der Waals surface area contributed by atoms with Gasteiger partial charge in [-0.05, 0) is 51.1 Å². The van der Waals surface area contributed by atoms with Crippen LogP contribution in [0.25, 0.3) is 0 Å². The number of carboxylic acid groups (broad SMARTS) is 1. The Kier molecular flexibility index (Phi) is 7.13. The molecule has 0 saturated carbocycles. The highest BCUT2D eigenvalue weighted by Crippen LogP contribution is 2.24. The minimum absolute atomic E-state index is 0. The van der Waals surface area contributed by atoms with Crippen molar-refractivity contribution < 1.29 is 14.7 Å². The number of carbonyl (C=O) groups excluding carboxylic acids is 1. The number of likely N-dealkylation sites (tertiary alicyclic amines) is 2. The third-order valence-electron chi connectivity index (χ3n) is 4.96. The number of halogens is 1. The quantitative estimate of drug-likeness (QED) is 0.859. The normalized spacial score (nSPS) is 28.8. The molecule has 2 saturated heterocycles. The second kappa shape index (κ2) is 8.16. The van der Waals surface area contributed by atoms with Crippen LogP contribution in [0.1, 0.15) is 40.0 Å². The first-order valence-electron chi connectivity index (χ1n) is 8.14. The van der Waals surface area contributed by atoms with Gasteiger partial charge < -0.3 is 10.0 Å². The first kappa shape index (κ1) is 19.2. The summed E-state index contributed by atoms with van der Waals surface area (Å²) in [7, 11) is 0. The Bertz CT molecular complexity index is 387. The molecule has 0 aromatic heterocycles. The van der Waals surface area contributed by atoms with Gasteiger partial charge in [-0.15, -0.1) is 12.4 Å². The molecule has 0 radical (unpaired) electrons. The molecule has 3 atom stereocenters. The zero-order valence-electron chi connectivity index (χ0n) is 13.8. The number of hydrogen-bond acceptors (Lipinski definition) is 3. The number of hydrogen-bond donors (Lipinski definition) is 1. The maximum absolute atomic E-state index is 12.7.